The number of carbonyl (C=O) groups excluding carboxylic acids is 2. The molecule has 2 aromatic rings. The number of hydrogen-bond donors (Lipinski definition) is 0. The monoisotopic (exact) mass is 467 g/mol. The van der Waals surface area contributed by atoms with Gasteiger partial charge in [-0.15, -0.1) is 11.3 Å². The van der Waals surface area contributed by atoms with Gasteiger partial charge in [0.1, 0.15) is 5.82 Å². The average Bonchev–Trinajstić information content (AvgIpc) is 3.19. The first-order valence-electron chi connectivity index (χ1n) is 10.0. The predicted molar refractivity (Wildman–Crippen MR) is 117 cm³/mol. The van der Waals surface area contributed by atoms with Gasteiger partial charge in [-0.3, -0.25) is 9.59 Å². The first kappa shape index (κ1) is 23.4. The van der Waals surface area contributed by atoms with Crippen molar-refractivity contribution in [3.63, 3.8) is 0 Å². The average molecular weight is 468 g/mol. The first-order chi connectivity index (χ1) is 14.7. The molecule has 1 aromatic carbocycles. The number of amides is 2. The largest absolute Gasteiger partial charge is 0.339 e. The lowest BCUT2D eigenvalue weighted by atomic mass is 10.2. The molecule has 168 valence electrons. The molecule has 3 rings (SSSR count). The van der Waals surface area contributed by atoms with Gasteiger partial charge in [0.05, 0.1) is 9.77 Å². The highest BCUT2D eigenvalue weighted by atomic mass is 32.2. The summed E-state index contributed by atoms with van der Waals surface area (Å²) in [4.78, 5) is 30.3. The van der Waals surface area contributed by atoms with Gasteiger partial charge in [-0.2, -0.15) is 0 Å². The van der Waals surface area contributed by atoms with Crippen LogP contribution in [0.1, 0.15) is 27.4 Å². The van der Waals surface area contributed by atoms with E-state index < -0.39 is 15.8 Å². The molecule has 31 heavy (non-hydrogen) atoms. The molecule has 1 aliphatic rings. The van der Waals surface area contributed by atoms with Crippen molar-refractivity contribution in [3.05, 3.63) is 52.0 Å². The van der Waals surface area contributed by atoms with Gasteiger partial charge in [0, 0.05) is 51.1 Å². The summed E-state index contributed by atoms with van der Waals surface area (Å²) in [6.07, 6.45) is 0.602. The molecule has 0 atom stereocenters. The summed E-state index contributed by atoms with van der Waals surface area (Å²) in [6.45, 7) is 4.06. The molecule has 0 radical (unpaired) electrons. The van der Waals surface area contributed by atoms with Gasteiger partial charge >= 0.3 is 0 Å². The molecule has 1 aliphatic heterocycles. The second-order valence-electron chi connectivity index (χ2n) is 7.47. The number of thiophene rings is 1. The van der Waals surface area contributed by atoms with Crippen molar-refractivity contribution in [1.82, 2.24) is 14.1 Å². The van der Waals surface area contributed by atoms with Crippen LogP contribution in [0, 0.1) is 12.7 Å². The minimum atomic E-state index is -3.72. The topological polar surface area (TPSA) is 78.0 Å². The Bertz CT molecular complexity index is 1030. The summed E-state index contributed by atoms with van der Waals surface area (Å²) >= 11 is 1.47. The zero-order chi connectivity index (χ0) is 22.6. The zero-order valence-corrected chi connectivity index (χ0v) is 19.2. The van der Waals surface area contributed by atoms with Crippen molar-refractivity contribution in [3.8, 4) is 0 Å². The van der Waals surface area contributed by atoms with Gasteiger partial charge in [-0.05, 0) is 49.7 Å². The van der Waals surface area contributed by atoms with Gasteiger partial charge in [-0.25, -0.2) is 17.1 Å². The molecule has 0 aliphatic carbocycles. The lowest BCUT2D eigenvalue weighted by molar-refractivity contribution is -0.132. The van der Waals surface area contributed by atoms with E-state index in [2.05, 4.69) is 0 Å². The standard InChI is InChI=1S/C21H26FN3O4S2/c1-16-5-10-19(30-16)21(27)25-14-12-24(13-15-25)20(26)4-3-11-23(2)31(28,29)18-8-6-17(22)7-9-18/h5-10H,3-4,11-15H2,1-2H3. The maximum atomic E-state index is 13.0. The Labute approximate surface area is 186 Å². The van der Waals surface area contributed by atoms with Gasteiger partial charge in [0.2, 0.25) is 15.9 Å². The van der Waals surface area contributed by atoms with Crippen LogP contribution in [0.2, 0.25) is 0 Å². The summed E-state index contributed by atoms with van der Waals surface area (Å²) in [5.74, 6) is -0.552. The molecule has 1 saturated heterocycles. The van der Waals surface area contributed by atoms with Crippen molar-refractivity contribution < 1.29 is 22.4 Å². The maximum absolute atomic E-state index is 13.0. The summed E-state index contributed by atoms with van der Waals surface area (Å²) in [5.41, 5.74) is 0. The molecule has 0 spiro atoms. The summed E-state index contributed by atoms with van der Waals surface area (Å²) < 4.78 is 39.2. The van der Waals surface area contributed by atoms with Gasteiger partial charge in [0.15, 0.2) is 0 Å². The Kier molecular flexibility index (Phi) is 7.45. The quantitative estimate of drug-likeness (QED) is 0.627. The smallest absolute Gasteiger partial charge is 0.264 e. The number of sulfonamides is 1. The summed E-state index contributed by atoms with van der Waals surface area (Å²) in [7, 11) is -2.28. The van der Waals surface area contributed by atoms with E-state index in [0.29, 0.717) is 37.5 Å². The van der Waals surface area contributed by atoms with Gasteiger partial charge < -0.3 is 9.80 Å². The fourth-order valence-electron chi connectivity index (χ4n) is 3.38. The van der Waals surface area contributed by atoms with Crippen LogP contribution in [0.5, 0.6) is 0 Å². The predicted octanol–water partition coefficient (Wildman–Crippen LogP) is 2.58. The normalized spacial score (nSPS) is 14.8. The molecule has 1 fully saturated rings. The van der Waals surface area contributed by atoms with Crippen molar-refractivity contribution in [2.45, 2.75) is 24.7 Å². The lowest BCUT2D eigenvalue weighted by Crippen LogP contribution is -2.50. The fraction of sp³-hybridized carbons (Fsp3) is 0.429. The fourth-order valence-corrected chi connectivity index (χ4v) is 5.43. The molecule has 2 heterocycles. The molecule has 0 bridgehead atoms. The SMILES string of the molecule is Cc1ccc(C(=O)N2CCN(C(=O)CCCN(C)S(=O)(=O)c3ccc(F)cc3)CC2)s1. The minimum absolute atomic E-state index is 0.00202. The molecule has 7 nitrogen and oxygen atoms in total. The van der Waals surface area contributed by atoms with E-state index in [1.54, 1.807) is 9.80 Å². The van der Waals surface area contributed by atoms with Crippen LogP contribution in [0.3, 0.4) is 0 Å². The highest BCUT2D eigenvalue weighted by Gasteiger charge is 2.26. The number of aryl methyl sites for hydroxylation is 1. The van der Waals surface area contributed by atoms with Crippen LogP contribution in [-0.2, 0) is 14.8 Å². The van der Waals surface area contributed by atoms with E-state index in [4.69, 9.17) is 0 Å². The van der Waals surface area contributed by atoms with Crippen molar-refractivity contribution in [2.75, 3.05) is 39.8 Å². The molecule has 2 amide bonds. The lowest BCUT2D eigenvalue weighted by Gasteiger charge is -2.34. The minimum Gasteiger partial charge on any atom is -0.339 e. The van der Waals surface area contributed by atoms with Crippen LogP contribution in [0.25, 0.3) is 0 Å². The molecular formula is C21H26FN3O4S2. The van der Waals surface area contributed by atoms with Crippen molar-refractivity contribution in [2.24, 2.45) is 0 Å². The molecule has 1 aromatic heterocycles. The molecule has 10 heteroatoms. The highest BCUT2D eigenvalue weighted by molar-refractivity contribution is 7.89. The third-order valence-electron chi connectivity index (χ3n) is 5.26. The maximum Gasteiger partial charge on any atom is 0.264 e. The Balaban J connectivity index is 1.44. The third-order valence-corrected chi connectivity index (χ3v) is 8.12. The van der Waals surface area contributed by atoms with E-state index in [0.717, 1.165) is 17.0 Å². The molecule has 0 N–H and O–H groups in total. The number of nitrogens with zero attached hydrogens (tertiary/aromatic N) is 3. The van der Waals surface area contributed by atoms with Crippen LogP contribution in [0.15, 0.2) is 41.3 Å². The second-order valence-corrected chi connectivity index (χ2v) is 10.8. The van der Waals surface area contributed by atoms with Crippen LogP contribution >= 0.6 is 11.3 Å². The zero-order valence-electron chi connectivity index (χ0n) is 17.6. The number of hydrogen-bond acceptors (Lipinski definition) is 5. The number of piperazine rings is 1. The van der Waals surface area contributed by atoms with Crippen molar-refractivity contribution >= 4 is 33.2 Å². The van der Waals surface area contributed by atoms with E-state index in [9.17, 15) is 22.4 Å². The number of benzene rings is 1. The summed E-state index contributed by atoms with van der Waals surface area (Å²) in [5, 5.41) is 0. The Morgan fingerprint density at radius 3 is 2.23 bits per heavy atom. The van der Waals surface area contributed by atoms with E-state index in [1.807, 2.05) is 19.1 Å². The number of rotatable bonds is 7. The van der Waals surface area contributed by atoms with E-state index in [-0.39, 0.29) is 29.7 Å². The second kappa shape index (κ2) is 9.88. The Hall–Kier alpha value is -2.30. The highest BCUT2D eigenvalue weighted by Crippen LogP contribution is 2.19. The van der Waals surface area contributed by atoms with Crippen molar-refractivity contribution in [1.29, 1.82) is 0 Å². The molecular weight excluding hydrogens is 441 g/mol. The van der Waals surface area contributed by atoms with Crippen LogP contribution in [0.4, 0.5) is 4.39 Å². The van der Waals surface area contributed by atoms with Gasteiger partial charge in [0.25, 0.3) is 5.91 Å². The molecule has 0 saturated carbocycles. The third kappa shape index (κ3) is 5.69. The molecule has 0 unspecified atom stereocenters. The number of halogens is 1. The van der Waals surface area contributed by atoms with E-state index in [1.165, 1.54) is 34.8 Å². The van der Waals surface area contributed by atoms with Gasteiger partial charge in [-0.1, -0.05) is 0 Å². The Morgan fingerprint density at radius 1 is 1.03 bits per heavy atom. The Morgan fingerprint density at radius 2 is 1.65 bits per heavy atom. The van der Waals surface area contributed by atoms with Crippen LogP contribution in [-0.4, -0.2) is 74.1 Å². The summed E-state index contributed by atoms with van der Waals surface area (Å²) in [6, 6.07) is 8.42. The van der Waals surface area contributed by atoms with E-state index >= 15 is 0 Å². The number of carbonyl (C=O) groups is 2. The van der Waals surface area contributed by atoms with Crippen LogP contribution < -0.4 is 0 Å². The first-order valence-corrected chi connectivity index (χ1v) is 12.3.